The highest BCUT2D eigenvalue weighted by Crippen LogP contribution is 2.60. The van der Waals surface area contributed by atoms with Crippen molar-refractivity contribution in [2.24, 2.45) is 16.6 Å². The van der Waals surface area contributed by atoms with E-state index >= 15 is 0 Å². The van der Waals surface area contributed by atoms with Crippen molar-refractivity contribution < 1.29 is 9.47 Å². The number of fused-ring (bicyclic) bond motifs is 3. The number of hydrogen-bond donors (Lipinski definition) is 2. The van der Waals surface area contributed by atoms with E-state index in [0.717, 1.165) is 53.2 Å². The van der Waals surface area contributed by atoms with Gasteiger partial charge < -0.3 is 15.2 Å². The average molecular weight is 368 g/mol. The predicted molar refractivity (Wildman–Crippen MR) is 104 cm³/mol. The first kappa shape index (κ1) is 16.4. The van der Waals surface area contributed by atoms with Gasteiger partial charge in [-0.25, -0.2) is 9.98 Å². The highest BCUT2D eigenvalue weighted by molar-refractivity contribution is 7.22. The lowest BCUT2D eigenvalue weighted by atomic mass is 9.46. The zero-order valence-corrected chi connectivity index (χ0v) is 15.5. The largest absolute Gasteiger partial charge is 0.497 e. The van der Waals surface area contributed by atoms with Gasteiger partial charge in [-0.1, -0.05) is 29.5 Å². The van der Waals surface area contributed by atoms with Crippen LogP contribution in [-0.2, 0) is 4.74 Å². The van der Waals surface area contributed by atoms with E-state index in [1.54, 1.807) is 7.11 Å². The van der Waals surface area contributed by atoms with Gasteiger partial charge in [0, 0.05) is 5.92 Å². The molecule has 2 unspecified atom stereocenters. The Morgan fingerprint density at radius 2 is 2.19 bits per heavy atom. The molecule has 26 heavy (non-hydrogen) atoms. The lowest BCUT2D eigenvalue weighted by Crippen LogP contribution is -2.58. The number of rotatable bonds is 2. The topological polar surface area (TPSA) is 81.8 Å². The Labute approximate surface area is 157 Å². The molecule has 4 aliphatic rings. The molecule has 2 bridgehead atoms. The summed E-state index contributed by atoms with van der Waals surface area (Å²) in [5, 5.41) is 3.79. The molecule has 2 heterocycles. The third kappa shape index (κ3) is 2.42. The van der Waals surface area contributed by atoms with Gasteiger partial charge in [-0.2, -0.15) is 0 Å². The second-order valence-electron chi connectivity index (χ2n) is 7.73. The lowest BCUT2D eigenvalue weighted by molar-refractivity contribution is -0.0796. The zero-order valence-electron chi connectivity index (χ0n) is 14.7. The van der Waals surface area contributed by atoms with E-state index in [2.05, 4.69) is 15.3 Å². The van der Waals surface area contributed by atoms with Gasteiger partial charge in [0.05, 0.1) is 25.2 Å². The Morgan fingerprint density at radius 1 is 1.38 bits per heavy atom. The molecule has 3 aliphatic carbocycles. The van der Waals surface area contributed by atoms with Crippen LogP contribution in [0.3, 0.4) is 0 Å². The smallest absolute Gasteiger partial charge is 0.293 e. The molecule has 0 amide bonds. The predicted octanol–water partition coefficient (Wildman–Crippen LogP) is 3.05. The van der Waals surface area contributed by atoms with Crippen LogP contribution in [0.25, 0.3) is 10.2 Å². The number of aliphatic imine (C=N–C) groups is 1. The fourth-order valence-corrected chi connectivity index (χ4v) is 5.64. The first-order chi connectivity index (χ1) is 12.5. The first-order valence-electron chi connectivity index (χ1n) is 9.03. The summed E-state index contributed by atoms with van der Waals surface area (Å²) in [5.74, 6) is 1.24. The molecule has 1 spiro atoms. The number of thiazole rings is 1. The molecule has 6 nitrogen and oxygen atoms in total. The number of nitrogens with one attached hydrogen (secondary N) is 1. The molecule has 2 atom stereocenters. The number of amidine groups is 1. The molecule has 1 aliphatic heterocycles. The highest BCUT2D eigenvalue weighted by Gasteiger charge is 2.59. The van der Waals surface area contributed by atoms with Crippen LogP contribution in [0.5, 0.6) is 5.75 Å². The number of hydrogen-bond acceptors (Lipinski definition) is 7. The molecule has 6 rings (SSSR count). The second kappa shape index (κ2) is 5.60. The van der Waals surface area contributed by atoms with Gasteiger partial charge in [0.15, 0.2) is 10.7 Å². The van der Waals surface area contributed by atoms with Gasteiger partial charge >= 0.3 is 0 Å². The number of benzene rings is 1. The number of nitrogens with two attached hydrogens (primary N) is 1. The summed E-state index contributed by atoms with van der Waals surface area (Å²) >= 11 is 1.54. The minimum Gasteiger partial charge on any atom is -0.497 e. The van der Waals surface area contributed by atoms with Crippen LogP contribution in [0.4, 0.5) is 5.13 Å². The zero-order chi connectivity index (χ0) is 17.9. The van der Waals surface area contributed by atoms with Gasteiger partial charge in [0.1, 0.15) is 11.9 Å². The van der Waals surface area contributed by atoms with Crippen molar-refractivity contribution >= 4 is 40.6 Å². The second-order valence-corrected chi connectivity index (χ2v) is 8.76. The first-order valence-corrected chi connectivity index (χ1v) is 9.84. The van der Waals surface area contributed by atoms with Gasteiger partial charge in [-0.05, 0) is 37.5 Å². The van der Waals surface area contributed by atoms with E-state index in [1.165, 1.54) is 11.3 Å². The van der Waals surface area contributed by atoms with Gasteiger partial charge in [0.25, 0.3) is 6.02 Å². The van der Waals surface area contributed by atoms with E-state index in [4.69, 9.17) is 23.1 Å². The van der Waals surface area contributed by atoms with Crippen molar-refractivity contribution in [1.29, 1.82) is 0 Å². The molecular formula is C18H21BN4O2S. The van der Waals surface area contributed by atoms with E-state index in [0.29, 0.717) is 11.9 Å². The normalized spacial score (nSPS) is 35.5. The minimum atomic E-state index is -0.465. The van der Waals surface area contributed by atoms with Crippen molar-refractivity contribution in [2.75, 3.05) is 12.4 Å². The van der Waals surface area contributed by atoms with Crippen molar-refractivity contribution in [3.63, 3.8) is 0 Å². The number of nitrogens with zero attached hydrogens (tertiary/aromatic N) is 2. The molecule has 3 N–H and O–H groups in total. The van der Waals surface area contributed by atoms with Crippen LogP contribution in [0, 0.1) is 5.92 Å². The van der Waals surface area contributed by atoms with Crippen LogP contribution in [0.1, 0.15) is 32.1 Å². The van der Waals surface area contributed by atoms with Gasteiger partial charge in [-0.15, -0.1) is 0 Å². The fraction of sp³-hybridized carbons (Fsp3) is 0.556. The molecule has 1 aromatic carbocycles. The average Bonchev–Trinajstić information content (AvgIpc) is 3.15. The van der Waals surface area contributed by atoms with Crippen molar-refractivity contribution in [3.05, 3.63) is 18.2 Å². The summed E-state index contributed by atoms with van der Waals surface area (Å²) in [7, 11) is 8.22. The molecular weight excluding hydrogens is 347 g/mol. The SMILES string of the molecule is [B]C12CCC(CC1)C1(C2)OC(Nc2nc3ccc(OC)cc3s2)=NC1N. The Hall–Kier alpha value is -1.80. The van der Waals surface area contributed by atoms with E-state index in [9.17, 15) is 0 Å². The Balaban J connectivity index is 1.38. The van der Waals surface area contributed by atoms with Gasteiger partial charge in [-0.3, -0.25) is 5.32 Å². The summed E-state index contributed by atoms with van der Waals surface area (Å²) in [6.07, 6.45) is 4.63. The number of ether oxygens (including phenoxy) is 2. The third-order valence-corrected chi connectivity index (χ3v) is 7.09. The van der Waals surface area contributed by atoms with Crippen LogP contribution >= 0.6 is 11.3 Å². The van der Waals surface area contributed by atoms with Gasteiger partial charge in [0.2, 0.25) is 0 Å². The monoisotopic (exact) mass is 368 g/mol. The molecule has 2 aromatic rings. The molecule has 3 fully saturated rings. The summed E-state index contributed by atoms with van der Waals surface area (Å²) in [4.78, 5) is 9.16. The number of aromatic nitrogens is 1. The minimum absolute atomic E-state index is 0.163. The Kier molecular flexibility index (Phi) is 3.53. The molecule has 1 aromatic heterocycles. The van der Waals surface area contributed by atoms with Crippen molar-refractivity contribution in [3.8, 4) is 5.75 Å². The maximum Gasteiger partial charge on any atom is 0.293 e. The van der Waals surface area contributed by atoms with Crippen LogP contribution in [-0.4, -0.2) is 37.7 Å². The van der Waals surface area contributed by atoms with Crippen molar-refractivity contribution in [1.82, 2.24) is 4.98 Å². The lowest BCUT2D eigenvalue weighted by Gasteiger charge is -2.55. The van der Waals surface area contributed by atoms with Crippen LogP contribution in [0.2, 0.25) is 5.31 Å². The molecule has 3 saturated carbocycles. The maximum atomic E-state index is 6.56. The number of anilines is 1. The van der Waals surface area contributed by atoms with Crippen LogP contribution in [0.15, 0.2) is 23.2 Å². The third-order valence-electron chi connectivity index (χ3n) is 6.15. The fourth-order valence-electron chi connectivity index (χ4n) is 4.76. The standard InChI is InChI=1S/C18H21BN4O2S/c1-24-11-2-3-12-13(8-11)26-16(21-12)23-15-22-14(20)18(25-15)9-17(19)6-4-10(18)5-7-17/h2-3,8,10,14H,4-7,9,20H2,1H3,(H,21,22,23). The maximum absolute atomic E-state index is 6.56. The highest BCUT2D eigenvalue weighted by atomic mass is 32.1. The summed E-state index contributed by atoms with van der Waals surface area (Å²) in [6, 6.07) is 6.28. The van der Waals surface area contributed by atoms with E-state index in [-0.39, 0.29) is 11.5 Å². The summed E-state index contributed by atoms with van der Waals surface area (Å²) < 4.78 is 12.6. The Morgan fingerprint density at radius 3 is 2.92 bits per heavy atom. The molecule has 0 saturated heterocycles. The quantitative estimate of drug-likeness (QED) is 0.797. The van der Waals surface area contributed by atoms with E-state index < -0.39 is 5.60 Å². The Bertz CT molecular complexity index is 892. The molecule has 8 heteroatoms. The van der Waals surface area contributed by atoms with Crippen LogP contribution < -0.4 is 15.8 Å². The van der Waals surface area contributed by atoms with Crippen molar-refractivity contribution in [2.45, 2.75) is 49.2 Å². The molecule has 2 radical (unpaired) electrons. The molecule has 134 valence electrons. The summed E-state index contributed by atoms with van der Waals surface area (Å²) in [5.41, 5.74) is 6.85. The number of methoxy groups -OCH3 is 1. The van der Waals surface area contributed by atoms with E-state index in [1.807, 2.05) is 18.2 Å². The summed E-state index contributed by atoms with van der Waals surface area (Å²) in [6.45, 7) is 0.